The van der Waals surface area contributed by atoms with E-state index in [0.29, 0.717) is 5.56 Å². The van der Waals surface area contributed by atoms with Crippen LogP contribution in [0.4, 0.5) is 5.69 Å². The molecule has 0 saturated heterocycles. The van der Waals surface area contributed by atoms with Gasteiger partial charge >= 0.3 is 0 Å². The molecule has 0 aromatic heterocycles. The van der Waals surface area contributed by atoms with Crippen LogP contribution in [0.25, 0.3) is 6.08 Å². The van der Waals surface area contributed by atoms with Gasteiger partial charge in [0.25, 0.3) is 5.69 Å². The molecule has 0 N–H and O–H groups in total. The molecule has 0 aliphatic rings. The molecule has 0 heterocycles. The molecule has 0 aliphatic carbocycles. The first-order chi connectivity index (χ1) is 7.00. The molecule has 0 bridgehead atoms. The van der Waals surface area contributed by atoms with Gasteiger partial charge in [0.2, 0.25) is 5.24 Å². The van der Waals surface area contributed by atoms with E-state index < -0.39 is 10.2 Å². The number of nitrogens with zero attached hydrogens (tertiary/aromatic N) is 1. The van der Waals surface area contributed by atoms with Crippen molar-refractivity contribution in [2.45, 2.75) is 0 Å². The lowest BCUT2D eigenvalue weighted by Gasteiger charge is -1.96. The Hall–Kier alpha value is -1.39. The highest BCUT2D eigenvalue weighted by Gasteiger charge is 2.11. The van der Waals surface area contributed by atoms with Crippen molar-refractivity contribution in [3.8, 4) is 0 Å². The molecule has 15 heavy (non-hydrogen) atoms. The number of hydrogen-bond acceptors (Lipinski definition) is 3. The van der Waals surface area contributed by atoms with Gasteiger partial charge in [0.1, 0.15) is 5.02 Å². The summed E-state index contributed by atoms with van der Waals surface area (Å²) in [4.78, 5) is 20.3. The van der Waals surface area contributed by atoms with E-state index in [2.05, 4.69) is 0 Å². The number of hydrogen-bond donors (Lipinski definition) is 0. The molecule has 0 spiro atoms. The van der Waals surface area contributed by atoms with E-state index in [9.17, 15) is 14.9 Å². The van der Waals surface area contributed by atoms with Crippen molar-refractivity contribution in [1.29, 1.82) is 0 Å². The molecule has 0 saturated carbocycles. The van der Waals surface area contributed by atoms with Gasteiger partial charge in [-0.3, -0.25) is 14.9 Å². The minimum atomic E-state index is -0.646. The van der Waals surface area contributed by atoms with Gasteiger partial charge in [-0.15, -0.1) is 0 Å². The van der Waals surface area contributed by atoms with Gasteiger partial charge in [-0.2, -0.15) is 0 Å². The van der Waals surface area contributed by atoms with E-state index in [4.69, 9.17) is 23.2 Å². The molecule has 0 fully saturated rings. The Morgan fingerprint density at radius 2 is 2.13 bits per heavy atom. The Labute approximate surface area is 95.3 Å². The number of carbonyl (C=O) groups is 1. The first-order valence-corrected chi connectivity index (χ1v) is 4.58. The van der Waals surface area contributed by atoms with Gasteiger partial charge in [0.05, 0.1) is 4.92 Å². The molecule has 6 heteroatoms. The van der Waals surface area contributed by atoms with Gasteiger partial charge in [0, 0.05) is 6.07 Å². The average Bonchev–Trinajstić information content (AvgIpc) is 2.16. The SMILES string of the molecule is O=C(Cl)C=Cc1ccc(Cl)c([N+](=O)[O-])c1. The summed E-state index contributed by atoms with van der Waals surface area (Å²) in [6.07, 6.45) is 2.48. The van der Waals surface area contributed by atoms with Crippen LogP contribution in [-0.4, -0.2) is 10.2 Å². The maximum absolute atomic E-state index is 10.5. The predicted molar refractivity (Wildman–Crippen MR) is 58.0 cm³/mol. The van der Waals surface area contributed by atoms with Crippen LogP contribution in [0.3, 0.4) is 0 Å². The van der Waals surface area contributed by atoms with E-state index in [1.807, 2.05) is 0 Å². The third-order valence-electron chi connectivity index (χ3n) is 1.57. The first-order valence-electron chi connectivity index (χ1n) is 3.82. The van der Waals surface area contributed by atoms with E-state index in [0.717, 1.165) is 6.08 Å². The number of nitro benzene ring substituents is 1. The molecular weight excluding hydrogens is 241 g/mol. The minimum Gasteiger partial charge on any atom is -0.276 e. The summed E-state index contributed by atoms with van der Waals surface area (Å²) in [5.74, 6) is 0. The van der Waals surface area contributed by atoms with Crippen molar-refractivity contribution in [3.63, 3.8) is 0 Å². The smallest absolute Gasteiger partial charge is 0.276 e. The van der Waals surface area contributed by atoms with E-state index in [-0.39, 0.29) is 10.7 Å². The number of benzene rings is 1. The summed E-state index contributed by atoms with van der Waals surface area (Å²) < 4.78 is 0. The van der Waals surface area contributed by atoms with Gasteiger partial charge in [-0.1, -0.05) is 17.7 Å². The summed E-state index contributed by atoms with van der Waals surface area (Å²) in [5, 5.41) is 9.92. The Bertz CT molecular complexity index is 443. The maximum Gasteiger partial charge on any atom is 0.288 e. The third-order valence-corrected chi connectivity index (χ3v) is 2.02. The monoisotopic (exact) mass is 245 g/mol. The molecule has 78 valence electrons. The van der Waals surface area contributed by atoms with Crippen LogP contribution in [0.2, 0.25) is 5.02 Å². The Balaban J connectivity index is 3.08. The lowest BCUT2D eigenvalue weighted by molar-refractivity contribution is -0.384. The largest absolute Gasteiger partial charge is 0.288 e. The highest BCUT2D eigenvalue weighted by Crippen LogP contribution is 2.25. The van der Waals surface area contributed by atoms with Crippen LogP contribution in [0.1, 0.15) is 5.56 Å². The van der Waals surface area contributed by atoms with E-state index >= 15 is 0 Å². The third kappa shape index (κ3) is 3.34. The molecule has 1 rings (SSSR count). The summed E-state index contributed by atoms with van der Waals surface area (Å²) >= 11 is 10.7. The molecule has 0 aliphatic heterocycles. The van der Waals surface area contributed by atoms with Crippen LogP contribution >= 0.6 is 23.2 Å². The van der Waals surface area contributed by atoms with E-state index in [1.165, 1.54) is 18.2 Å². The molecule has 0 amide bonds. The lowest BCUT2D eigenvalue weighted by atomic mass is 10.2. The number of halogens is 2. The van der Waals surface area contributed by atoms with Gasteiger partial charge < -0.3 is 0 Å². The summed E-state index contributed by atoms with van der Waals surface area (Å²) in [5.41, 5.74) is 0.279. The van der Waals surface area contributed by atoms with Crippen LogP contribution in [0, 0.1) is 10.1 Å². The van der Waals surface area contributed by atoms with E-state index in [1.54, 1.807) is 6.07 Å². The Morgan fingerprint density at radius 3 is 2.67 bits per heavy atom. The van der Waals surface area contributed by atoms with Crippen LogP contribution in [-0.2, 0) is 4.79 Å². The topological polar surface area (TPSA) is 60.2 Å². The fourth-order valence-electron chi connectivity index (χ4n) is 0.935. The second-order valence-electron chi connectivity index (χ2n) is 2.61. The van der Waals surface area contributed by atoms with Crippen molar-refractivity contribution in [2.24, 2.45) is 0 Å². The minimum absolute atomic E-state index is 0.0503. The zero-order valence-corrected chi connectivity index (χ0v) is 8.83. The van der Waals surface area contributed by atoms with Crippen LogP contribution in [0.15, 0.2) is 24.3 Å². The highest BCUT2D eigenvalue weighted by atomic mass is 35.5. The normalized spacial score (nSPS) is 10.5. The number of rotatable bonds is 3. The zero-order valence-electron chi connectivity index (χ0n) is 7.31. The molecular formula is C9H5Cl2NO3. The van der Waals surface area contributed by atoms with Crippen molar-refractivity contribution in [1.82, 2.24) is 0 Å². The molecule has 1 aromatic rings. The summed E-state index contributed by atoms with van der Waals surface area (Å²) in [6.45, 7) is 0. The fourth-order valence-corrected chi connectivity index (χ4v) is 1.18. The van der Waals surface area contributed by atoms with Crippen molar-refractivity contribution in [3.05, 3.63) is 45.0 Å². The molecule has 0 unspecified atom stereocenters. The van der Waals surface area contributed by atoms with Crippen LogP contribution < -0.4 is 0 Å². The van der Waals surface area contributed by atoms with Gasteiger partial charge in [-0.05, 0) is 35.4 Å². The lowest BCUT2D eigenvalue weighted by Crippen LogP contribution is -1.89. The average molecular weight is 246 g/mol. The molecule has 4 nitrogen and oxygen atoms in total. The Morgan fingerprint density at radius 1 is 1.47 bits per heavy atom. The number of carbonyl (C=O) groups excluding carboxylic acids is 1. The second-order valence-corrected chi connectivity index (χ2v) is 3.39. The van der Waals surface area contributed by atoms with Gasteiger partial charge in [-0.25, -0.2) is 0 Å². The molecule has 0 atom stereocenters. The van der Waals surface area contributed by atoms with Gasteiger partial charge in [0.15, 0.2) is 0 Å². The Kier molecular flexibility index (Phi) is 3.82. The fraction of sp³-hybridized carbons (Fsp3) is 0. The summed E-state index contributed by atoms with van der Waals surface area (Å²) in [7, 11) is 0. The van der Waals surface area contributed by atoms with Crippen molar-refractivity contribution < 1.29 is 9.72 Å². The highest BCUT2D eigenvalue weighted by molar-refractivity contribution is 6.66. The quantitative estimate of drug-likeness (QED) is 0.356. The predicted octanol–water partition coefficient (Wildman–Crippen LogP) is 3.03. The number of allylic oxidation sites excluding steroid dienone is 1. The first kappa shape index (κ1) is 11.7. The van der Waals surface area contributed by atoms with Crippen molar-refractivity contribution >= 4 is 40.2 Å². The van der Waals surface area contributed by atoms with Crippen molar-refractivity contribution in [2.75, 3.05) is 0 Å². The molecule has 1 aromatic carbocycles. The molecule has 0 radical (unpaired) electrons. The maximum atomic E-state index is 10.5. The zero-order chi connectivity index (χ0) is 11.4. The second kappa shape index (κ2) is 4.91. The number of nitro groups is 1. The summed E-state index contributed by atoms with van der Waals surface area (Å²) in [6, 6.07) is 4.20. The van der Waals surface area contributed by atoms with Crippen LogP contribution in [0.5, 0.6) is 0 Å². The standard InChI is InChI=1S/C9H5Cl2NO3/c10-7-3-1-6(2-4-9(11)13)5-8(7)12(14)15/h1-5H.